The summed E-state index contributed by atoms with van der Waals surface area (Å²) in [7, 11) is 0. The molecule has 4 aromatic rings. The number of fused-ring (bicyclic) bond motifs is 1. The van der Waals surface area contributed by atoms with Crippen molar-refractivity contribution in [2.24, 2.45) is 0 Å². The highest BCUT2D eigenvalue weighted by Gasteiger charge is 2.20. The normalized spacial score (nSPS) is 11.8. The Labute approximate surface area is 183 Å². The van der Waals surface area contributed by atoms with E-state index in [1.807, 2.05) is 91.3 Å². The predicted molar refractivity (Wildman–Crippen MR) is 124 cm³/mol. The van der Waals surface area contributed by atoms with Crippen molar-refractivity contribution in [2.75, 3.05) is 5.32 Å². The number of anilines is 1. The second-order valence-electron chi connectivity index (χ2n) is 6.42. The van der Waals surface area contributed by atoms with Gasteiger partial charge in [-0.1, -0.05) is 88.8 Å². The SMILES string of the molecule is [O-]/C(=C(\C(=S)Nc1cccc2ccccc12)[n+]1ccccc1)c1ccccc1Br. The number of nitrogens with zero attached hydrogens (tertiary/aromatic N) is 1. The number of hydrogen-bond donors (Lipinski definition) is 1. The molecule has 4 rings (SSSR count). The predicted octanol–water partition coefficient (Wildman–Crippen LogP) is 5.02. The van der Waals surface area contributed by atoms with Crippen molar-refractivity contribution in [2.45, 2.75) is 0 Å². The number of halogens is 1. The first-order valence-corrected chi connectivity index (χ1v) is 10.3. The average Bonchev–Trinajstić information content (AvgIpc) is 2.75. The summed E-state index contributed by atoms with van der Waals surface area (Å²) < 4.78 is 2.48. The van der Waals surface area contributed by atoms with Crippen LogP contribution >= 0.6 is 28.1 Å². The minimum Gasteiger partial charge on any atom is -0.867 e. The van der Waals surface area contributed by atoms with Gasteiger partial charge in [0.15, 0.2) is 17.4 Å². The Kier molecular flexibility index (Phi) is 5.69. The zero-order valence-corrected chi connectivity index (χ0v) is 17.8. The fraction of sp³-hybridized carbons (Fsp3) is 0. The highest BCUT2D eigenvalue weighted by molar-refractivity contribution is 9.10. The quantitative estimate of drug-likeness (QED) is 0.201. The van der Waals surface area contributed by atoms with Crippen LogP contribution in [0.2, 0.25) is 0 Å². The Hall–Kier alpha value is -3.02. The van der Waals surface area contributed by atoms with E-state index in [0.717, 1.165) is 20.9 Å². The lowest BCUT2D eigenvalue weighted by atomic mass is 10.1. The van der Waals surface area contributed by atoms with Crippen LogP contribution in [-0.2, 0) is 0 Å². The fourth-order valence-electron chi connectivity index (χ4n) is 3.17. The minimum absolute atomic E-state index is 0.161. The molecule has 0 bridgehead atoms. The number of rotatable bonds is 4. The molecular weight excluding hydrogens is 444 g/mol. The molecule has 0 radical (unpaired) electrons. The first-order valence-electron chi connectivity index (χ1n) is 9.07. The molecule has 0 spiro atoms. The van der Waals surface area contributed by atoms with Crippen LogP contribution in [0.25, 0.3) is 22.2 Å². The molecule has 0 atom stereocenters. The van der Waals surface area contributed by atoms with Crippen molar-refractivity contribution < 1.29 is 9.67 Å². The Morgan fingerprint density at radius 1 is 0.828 bits per heavy atom. The summed E-state index contributed by atoms with van der Waals surface area (Å²) in [6.45, 7) is 0. The van der Waals surface area contributed by atoms with Gasteiger partial charge in [-0.2, -0.15) is 4.57 Å². The third-order valence-corrected chi connectivity index (χ3v) is 5.55. The molecule has 142 valence electrons. The molecule has 0 saturated carbocycles. The molecule has 0 saturated heterocycles. The molecule has 0 aliphatic rings. The first-order chi connectivity index (χ1) is 14.1. The highest BCUT2D eigenvalue weighted by Crippen LogP contribution is 2.26. The van der Waals surface area contributed by atoms with Crippen molar-refractivity contribution in [3.63, 3.8) is 0 Å². The Balaban J connectivity index is 1.83. The van der Waals surface area contributed by atoms with Crippen LogP contribution in [-0.4, -0.2) is 4.99 Å². The molecule has 5 heteroatoms. The molecule has 0 unspecified atom stereocenters. The lowest BCUT2D eigenvalue weighted by Gasteiger charge is -2.18. The van der Waals surface area contributed by atoms with E-state index < -0.39 is 0 Å². The average molecular weight is 461 g/mol. The van der Waals surface area contributed by atoms with Gasteiger partial charge in [0.25, 0.3) is 0 Å². The Bertz CT molecular complexity index is 1220. The van der Waals surface area contributed by atoms with Crippen LogP contribution in [0.15, 0.2) is 102 Å². The number of nitrogens with one attached hydrogen (secondary N) is 1. The van der Waals surface area contributed by atoms with E-state index in [-0.39, 0.29) is 5.76 Å². The van der Waals surface area contributed by atoms with Crippen molar-refractivity contribution >= 4 is 61.1 Å². The molecule has 0 amide bonds. The summed E-state index contributed by atoms with van der Waals surface area (Å²) in [4.78, 5) is 0.360. The van der Waals surface area contributed by atoms with Gasteiger partial charge in [-0.05, 0) is 28.8 Å². The Morgan fingerprint density at radius 2 is 1.52 bits per heavy atom. The topological polar surface area (TPSA) is 39.0 Å². The third-order valence-electron chi connectivity index (χ3n) is 4.56. The number of thiocarbonyl (C=S) groups is 1. The molecule has 1 N–H and O–H groups in total. The van der Waals surface area contributed by atoms with Crippen molar-refractivity contribution in [1.29, 1.82) is 0 Å². The molecule has 1 heterocycles. The lowest BCUT2D eigenvalue weighted by Crippen LogP contribution is -2.39. The van der Waals surface area contributed by atoms with Crippen molar-refractivity contribution in [1.82, 2.24) is 0 Å². The van der Waals surface area contributed by atoms with E-state index >= 15 is 0 Å². The van der Waals surface area contributed by atoms with E-state index in [0.29, 0.717) is 16.2 Å². The molecule has 29 heavy (non-hydrogen) atoms. The van der Waals surface area contributed by atoms with E-state index in [1.54, 1.807) is 10.6 Å². The van der Waals surface area contributed by atoms with Crippen LogP contribution in [0.5, 0.6) is 0 Å². The lowest BCUT2D eigenvalue weighted by molar-refractivity contribution is -0.577. The maximum absolute atomic E-state index is 13.4. The molecule has 0 aliphatic carbocycles. The van der Waals surface area contributed by atoms with Gasteiger partial charge >= 0.3 is 0 Å². The van der Waals surface area contributed by atoms with Gasteiger partial charge in [-0.25, -0.2) is 0 Å². The monoisotopic (exact) mass is 460 g/mol. The highest BCUT2D eigenvalue weighted by atomic mass is 79.9. The number of hydrogen-bond acceptors (Lipinski definition) is 2. The number of pyridine rings is 1. The molecule has 1 aromatic heterocycles. The molecule has 0 fully saturated rings. The van der Waals surface area contributed by atoms with Crippen LogP contribution in [0.1, 0.15) is 5.56 Å². The van der Waals surface area contributed by atoms with E-state index in [1.165, 1.54) is 0 Å². The number of benzene rings is 3. The maximum atomic E-state index is 13.4. The summed E-state index contributed by atoms with van der Waals surface area (Å²) in [6.07, 6.45) is 3.64. The first kappa shape index (κ1) is 19.3. The maximum Gasteiger partial charge on any atom is 0.238 e. The standard InChI is InChI=1S/C24H17BrN2OS/c25-20-13-5-4-12-19(20)23(28)22(27-15-6-1-7-16-27)24(29)26-21-14-8-10-17-9-2-3-11-18(17)21/h1-16H,(H-,26,28,29). The van der Waals surface area contributed by atoms with Crippen LogP contribution in [0.3, 0.4) is 0 Å². The van der Waals surface area contributed by atoms with E-state index in [9.17, 15) is 5.11 Å². The summed E-state index contributed by atoms with van der Waals surface area (Å²) in [6, 6.07) is 27.0. The Morgan fingerprint density at radius 3 is 2.31 bits per heavy atom. The van der Waals surface area contributed by atoms with Crippen LogP contribution in [0.4, 0.5) is 5.69 Å². The second kappa shape index (κ2) is 8.55. The van der Waals surface area contributed by atoms with E-state index in [2.05, 4.69) is 21.2 Å². The summed E-state index contributed by atoms with van der Waals surface area (Å²) >= 11 is 9.20. The zero-order valence-electron chi connectivity index (χ0n) is 15.4. The summed E-state index contributed by atoms with van der Waals surface area (Å²) in [5, 5.41) is 18.9. The molecular formula is C24H17BrN2OS. The van der Waals surface area contributed by atoms with Crippen molar-refractivity contribution in [3.05, 3.63) is 107 Å². The van der Waals surface area contributed by atoms with Gasteiger partial charge in [-0.3, -0.25) is 0 Å². The van der Waals surface area contributed by atoms with Crippen LogP contribution in [0, 0.1) is 0 Å². The van der Waals surface area contributed by atoms with Gasteiger partial charge in [0.2, 0.25) is 5.70 Å². The van der Waals surface area contributed by atoms with Gasteiger partial charge in [0, 0.05) is 27.7 Å². The van der Waals surface area contributed by atoms with Crippen molar-refractivity contribution in [3.8, 4) is 0 Å². The molecule has 0 aliphatic heterocycles. The third kappa shape index (κ3) is 4.06. The number of aromatic nitrogens is 1. The largest absolute Gasteiger partial charge is 0.867 e. The minimum atomic E-state index is -0.161. The second-order valence-corrected chi connectivity index (χ2v) is 7.68. The molecule has 3 aromatic carbocycles. The fourth-order valence-corrected chi connectivity index (χ4v) is 3.95. The van der Waals surface area contributed by atoms with Gasteiger partial charge in [-0.15, -0.1) is 0 Å². The summed E-state index contributed by atoms with van der Waals surface area (Å²) in [5.41, 5.74) is 1.81. The van der Waals surface area contributed by atoms with E-state index in [4.69, 9.17) is 12.2 Å². The zero-order chi connectivity index (χ0) is 20.2. The van der Waals surface area contributed by atoms with Gasteiger partial charge < -0.3 is 10.4 Å². The molecule has 3 nitrogen and oxygen atoms in total. The summed E-state index contributed by atoms with van der Waals surface area (Å²) in [5.74, 6) is -0.161. The van der Waals surface area contributed by atoms with Gasteiger partial charge in [0.05, 0.1) is 0 Å². The van der Waals surface area contributed by atoms with Crippen LogP contribution < -0.4 is 15.0 Å². The van der Waals surface area contributed by atoms with Gasteiger partial charge in [0.1, 0.15) is 0 Å². The smallest absolute Gasteiger partial charge is 0.238 e.